The van der Waals surface area contributed by atoms with Crippen LogP contribution in [0.1, 0.15) is 0 Å². The quantitative estimate of drug-likeness (QED) is 0.371. The minimum absolute atomic E-state index is 0.203. The van der Waals surface area contributed by atoms with Gasteiger partial charge in [0.1, 0.15) is 0 Å². The molecule has 0 aliphatic rings. The molecule has 5 nitrogen and oxygen atoms in total. The first-order chi connectivity index (χ1) is 10.5. The molecule has 2 rings (SSSR count). The van der Waals surface area contributed by atoms with Gasteiger partial charge in [0.15, 0.2) is 0 Å². The van der Waals surface area contributed by atoms with Crippen molar-refractivity contribution < 1.29 is 8.98 Å². The predicted octanol–water partition coefficient (Wildman–Crippen LogP) is 4.24. The van der Waals surface area contributed by atoms with Gasteiger partial charge in [-0.15, -0.1) is 4.57 Å². The van der Waals surface area contributed by atoms with Gasteiger partial charge in [-0.1, -0.05) is 11.6 Å². The van der Waals surface area contributed by atoms with Gasteiger partial charge in [-0.25, -0.2) is 0 Å². The van der Waals surface area contributed by atoms with Crippen LogP contribution in [0.25, 0.3) is 11.5 Å². The van der Waals surface area contributed by atoms with Gasteiger partial charge < -0.3 is 4.42 Å². The van der Waals surface area contributed by atoms with E-state index in [-0.39, 0.29) is 5.89 Å². The number of aromatic nitrogens is 2. The summed E-state index contributed by atoms with van der Waals surface area (Å²) in [6, 6.07) is 6.68. The fraction of sp³-hybridized carbons (Fsp3) is 0.182. The molecule has 0 saturated carbocycles. The Hall–Kier alpha value is 0.678. The van der Waals surface area contributed by atoms with Crippen molar-refractivity contribution in [1.29, 1.82) is 0 Å². The maximum absolute atomic E-state index is 11.7. The van der Waals surface area contributed by atoms with Crippen molar-refractivity contribution in [2.45, 2.75) is 0 Å². The van der Waals surface area contributed by atoms with Crippen LogP contribution in [0, 0.1) is 0 Å². The van der Waals surface area contributed by atoms with E-state index in [1.54, 1.807) is 24.3 Å². The Bertz CT molecular complexity index is 859. The van der Waals surface area contributed by atoms with Crippen LogP contribution in [0.15, 0.2) is 38.3 Å². The fourth-order valence-electron chi connectivity index (χ4n) is 1.45. The molecule has 0 saturated heterocycles. The predicted molar refractivity (Wildman–Crippen MR) is 103 cm³/mol. The van der Waals surface area contributed by atoms with Crippen LogP contribution in [0.4, 0.5) is 0 Å². The van der Waals surface area contributed by atoms with Crippen molar-refractivity contribution in [1.82, 2.24) is 4.57 Å². The molecule has 1 aromatic carbocycles. The Morgan fingerprint density at radius 2 is 1.42 bits per heavy atom. The molecule has 1 aromatic heterocycles. The van der Waals surface area contributed by atoms with Gasteiger partial charge in [-0.3, -0.25) is 0 Å². The monoisotopic (exact) mass is 584 g/mol. The molecule has 0 aliphatic heterocycles. The summed E-state index contributed by atoms with van der Waals surface area (Å²) in [5.41, 5.74) is 0.179. The number of halogens is 7. The summed E-state index contributed by atoms with van der Waals surface area (Å²) >= 11 is 5.76. The molecule has 0 N–H and O–H groups in total. The van der Waals surface area contributed by atoms with E-state index >= 15 is 0 Å². The molecule has 0 radical (unpaired) electrons. The number of rotatable bonds is 1. The molecule has 2 aromatic rings. The molecule has 0 bridgehead atoms. The van der Waals surface area contributed by atoms with E-state index in [2.05, 4.69) is 0 Å². The van der Waals surface area contributed by atoms with Gasteiger partial charge in [-0.05, 0) is 24.3 Å². The summed E-state index contributed by atoms with van der Waals surface area (Å²) in [4.78, 5) is 23.1. The second kappa shape index (κ2) is 7.01. The normalized spacial score (nSPS) is 14.2. The van der Waals surface area contributed by atoms with E-state index in [4.69, 9.17) is 69.0 Å². The van der Waals surface area contributed by atoms with Gasteiger partial charge in [-0.2, -0.15) is 14.2 Å². The molecule has 13 heteroatoms. The summed E-state index contributed by atoms with van der Waals surface area (Å²) in [5, 5.41) is 0.572. The third-order valence-electron chi connectivity index (χ3n) is 2.43. The zero-order chi connectivity index (χ0) is 19.0. The number of hydrogen-bond donors (Lipinski definition) is 0. The van der Waals surface area contributed by atoms with Gasteiger partial charge in [0.2, 0.25) is 0 Å². The van der Waals surface area contributed by atoms with Crippen LogP contribution in [0.2, 0.25) is 5.02 Å². The maximum atomic E-state index is 11.7. The number of benzene rings is 1. The van der Waals surface area contributed by atoms with Gasteiger partial charge in [0.05, 0.1) is 19.7 Å². The van der Waals surface area contributed by atoms with Crippen molar-refractivity contribution in [3.8, 4) is 11.5 Å². The summed E-state index contributed by atoms with van der Waals surface area (Å²) in [6.45, 7) is 0. The van der Waals surface area contributed by atoms with E-state index in [1.165, 1.54) is 18.7 Å². The van der Waals surface area contributed by atoms with Crippen LogP contribution in [-0.2, 0) is 14.1 Å². The summed E-state index contributed by atoms with van der Waals surface area (Å²) in [5.74, 6) is -0.493. The molecule has 1 heterocycles. The second-order valence-corrected chi connectivity index (χ2v) is 61.9. The van der Waals surface area contributed by atoms with E-state index < -0.39 is 20.6 Å². The molecule has 136 valence electrons. The Kier molecular flexibility index (Phi) is 6.64. The number of nitrogens with zero attached hydrogens (tertiary/aromatic N) is 2. The van der Waals surface area contributed by atoms with Crippen molar-refractivity contribution in [3.05, 3.63) is 50.3 Å². The van der Waals surface area contributed by atoms with Crippen LogP contribution in [0.3, 0.4) is 0 Å². The topological polar surface area (TPSA) is 56.1 Å². The van der Waals surface area contributed by atoms with E-state index in [9.17, 15) is 9.59 Å². The molecular weight excluding hydrogens is 578 g/mol. The van der Waals surface area contributed by atoms with E-state index in [0.717, 1.165) is 4.57 Å². The molecule has 0 amide bonds. The first-order valence-electron chi connectivity index (χ1n) is 5.88. The molecule has 0 spiro atoms. The van der Waals surface area contributed by atoms with Crippen molar-refractivity contribution in [3.63, 3.8) is 0 Å². The summed E-state index contributed by atoms with van der Waals surface area (Å²) < 4.78 is 7.24. The zero-order valence-electron chi connectivity index (χ0n) is 12.0. The Labute approximate surface area is 161 Å². The van der Waals surface area contributed by atoms with Crippen molar-refractivity contribution >= 4 is 73.7 Å². The van der Waals surface area contributed by atoms with Crippen molar-refractivity contribution in [2.75, 3.05) is 0 Å². The van der Waals surface area contributed by atoms with Gasteiger partial charge in [0, 0.05) is 5.02 Å². The summed E-state index contributed by atoms with van der Waals surface area (Å²) in [6.07, 6.45) is 0. The summed E-state index contributed by atoms with van der Waals surface area (Å²) in [7, 11) is 27.9. The van der Waals surface area contributed by atoms with Crippen LogP contribution in [-0.4, -0.2) is 13.7 Å². The molecule has 24 heavy (non-hydrogen) atoms. The third-order valence-corrected chi connectivity index (χ3v) is 2.68. The minimum atomic E-state index is -5.42. The average molecular weight is 588 g/mol. The molecular formula is C11H10Cl7N2O3Sb. The molecule has 0 aliphatic carbocycles. The molecule has 0 atom stereocenters. The number of hydrogen-bond acceptors (Lipinski definition) is 3. The van der Waals surface area contributed by atoms with Gasteiger partial charge in [0.25, 0.3) is 0 Å². The van der Waals surface area contributed by atoms with Crippen LogP contribution >= 0.6 is 64.6 Å². The average Bonchev–Trinajstić information content (AvgIpc) is 2.38. The SMILES string of the molecule is Cn1c(=O)oc(-c2ccc(Cl)cc2)[n+](C)c1=O.[Cl][Sb-]([Cl])([Cl])([Cl])([Cl])[Cl]. The Morgan fingerprint density at radius 1 is 1.00 bits per heavy atom. The third kappa shape index (κ3) is 8.86. The van der Waals surface area contributed by atoms with Crippen LogP contribution in [0.5, 0.6) is 0 Å². The Morgan fingerprint density at radius 3 is 1.83 bits per heavy atom. The molecule has 0 unspecified atom stereocenters. The standard InChI is InChI=1S/C11H10ClN2O3.6ClH.Sb/c1-13-9(7-3-5-8(12)6-4-7)17-11(16)14(2)10(13)15;;;;;;;/h3-6H,1-2H3;6*1H;/q+1;;;;;;;+5/p-6. The van der Waals surface area contributed by atoms with E-state index in [0.29, 0.717) is 10.6 Å². The fourth-order valence-corrected chi connectivity index (χ4v) is 1.58. The second-order valence-electron chi connectivity index (χ2n) is 4.54. The first kappa shape index (κ1) is 22.7. The van der Waals surface area contributed by atoms with Gasteiger partial charge >= 0.3 is 79.5 Å². The van der Waals surface area contributed by atoms with E-state index in [1.807, 2.05) is 0 Å². The van der Waals surface area contributed by atoms with Crippen molar-refractivity contribution in [2.24, 2.45) is 14.1 Å². The first-order valence-corrected chi connectivity index (χ1v) is 25.7. The zero-order valence-corrected chi connectivity index (χ0v) is 19.9. The Balaban J connectivity index is 0.000000351. The molecule has 0 fully saturated rings. The van der Waals surface area contributed by atoms with Crippen LogP contribution < -0.4 is 16.0 Å².